The zero-order chi connectivity index (χ0) is 19.7. The van der Waals surface area contributed by atoms with Crippen LogP contribution < -0.4 is 5.32 Å². The van der Waals surface area contributed by atoms with E-state index in [1.165, 1.54) is 11.9 Å². The van der Waals surface area contributed by atoms with Crippen molar-refractivity contribution in [3.63, 3.8) is 0 Å². The first-order valence-corrected chi connectivity index (χ1v) is 9.18. The van der Waals surface area contributed by atoms with E-state index in [0.29, 0.717) is 32.0 Å². The highest BCUT2D eigenvalue weighted by atomic mass is 127. The normalized spacial score (nSPS) is 13.4. The number of methoxy groups -OCH3 is 1. The summed E-state index contributed by atoms with van der Waals surface area (Å²) in [4.78, 5) is 11.9. The summed E-state index contributed by atoms with van der Waals surface area (Å²) in [7, 11) is 6.68. The molecule has 11 heteroatoms. The Hall–Kier alpha value is -0.660. The smallest absolute Gasteiger partial charge is 0.375 e. The predicted molar refractivity (Wildman–Crippen MR) is 114 cm³/mol. The average molecular weight is 523 g/mol. The molecule has 1 rings (SSSR count). The Morgan fingerprint density at radius 1 is 1.41 bits per heavy atom. The summed E-state index contributed by atoms with van der Waals surface area (Å²) in [6, 6.07) is 0. The second-order valence-corrected chi connectivity index (χ2v) is 6.98. The quantitative estimate of drug-likeness (QED) is 0.233. The predicted octanol–water partition coefficient (Wildman–Crippen LogP) is 3.36. The first kappa shape index (κ1) is 26.3. The molecule has 1 aromatic heterocycles. The van der Waals surface area contributed by atoms with Crippen molar-refractivity contribution in [3.05, 3.63) is 16.1 Å². The molecule has 1 heterocycles. The van der Waals surface area contributed by atoms with Gasteiger partial charge in [0.05, 0.1) is 18.8 Å². The standard InChI is InChI=1S/C16H28F3N5OS.HI/c1-12(25-5)14-22-13(10-26-14)9-24(4)15(20-2)21-7-6-8-23(3)11-16(17,18)19;/h10,12H,6-9,11H2,1-5H3,(H,20,21);1H. The largest absolute Gasteiger partial charge is 0.401 e. The van der Waals surface area contributed by atoms with Gasteiger partial charge in [0.1, 0.15) is 11.1 Å². The SMILES string of the molecule is CN=C(NCCCN(C)CC(F)(F)F)N(C)Cc1csc(C(C)OC)n1.I. The summed E-state index contributed by atoms with van der Waals surface area (Å²) in [6.07, 6.45) is -3.61. The van der Waals surface area contributed by atoms with E-state index in [1.54, 1.807) is 25.5 Å². The third kappa shape index (κ3) is 10.5. The number of nitrogens with one attached hydrogen (secondary N) is 1. The van der Waals surface area contributed by atoms with Gasteiger partial charge < -0.3 is 15.0 Å². The number of hydrogen-bond donors (Lipinski definition) is 1. The molecular formula is C16H29F3IN5OS. The number of aliphatic imine (C=N–C) groups is 1. The molecule has 0 saturated heterocycles. The Labute approximate surface area is 180 Å². The molecule has 0 spiro atoms. The minimum atomic E-state index is -4.16. The van der Waals surface area contributed by atoms with Crippen LogP contribution in [0.25, 0.3) is 0 Å². The molecule has 0 bridgehead atoms. The fourth-order valence-corrected chi connectivity index (χ4v) is 3.16. The van der Waals surface area contributed by atoms with Gasteiger partial charge >= 0.3 is 6.18 Å². The first-order chi connectivity index (χ1) is 12.2. The fraction of sp³-hybridized carbons (Fsp3) is 0.750. The molecule has 0 radical (unpaired) electrons. The maximum atomic E-state index is 12.3. The minimum Gasteiger partial charge on any atom is -0.375 e. The topological polar surface area (TPSA) is 53.0 Å². The van der Waals surface area contributed by atoms with Crippen molar-refractivity contribution in [2.75, 3.05) is 47.9 Å². The van der Waals surface area contributed by atoms with E-state index in [0.717, 1.165) is 10.7 Å². The molecule has 0 aliphatic rings. The molecule has 27 heavy (non-hydrogen) atoms. The Bertz CT molecular complexity index is 570. The number of aromatic nitrogens is 1. The van der Waals surface area contributed by atoms with Gasteiger partial charge in [0.2, 0.25) is 0 Å². The zero-order valence-electron chi connectivity index (χ0n) is 16.3. The van der Waals surface area contributed by atoms with Gasteiger partial charge in [-0.05, 0) is 26.9 Å². The van der Waals surface area contributed by atoms with E-state index in [-0.39, 0.29) is 30.1 Å². The van der Waals surface area contributed by atoms with Crippen LogP contribution in [0.4, 0.5) is 13.2 Å². The van der Waals surface area contributed by atoms with Crippen LogP contribution in [-0.4, -0.2) is 74.8 Å². The molecule has 0 aliphatic carbocycles. The van der Waals surface area contributed by atoms with Crippen molar-refractivity contribution in [1.29, 1.82) is 0 Å². The summed E-state index contributed by atoms with van der Waals surface area (Å²) >= 11 is 1.55. The molecule has 0 amide bonds. The Balaban J connectivity index is 0.00000676. The van der Waals surface area contributed by atoms with Gasteiger partial charge in [-0.2, -0.15) is 13.2 Å². The van der Waals surface area contributed by atoms with Crippen molar-refractivity contribution in [1.82, 2.24) is 20.1 Å². The molecule has 0 aliphatic heterocycles. The average Bonchev–Trinajstić information content (AvgIpc) is 3.00. The van der Waals surface area contributed by atoms with Crippen molar-refractivity contribution >= 4 is 41.3 Å². The second-order valence-electron chi connectivity index (χ2n) is 6.09. The van der Waals surface area contributed by atoms with Gasteiger partial charge in [-0.1, -0.05) is 0 Å². The van der Waals surface area contributed by atoms with Crippen molar-refractivity contribution in [2.24, 2.45) is 4.99 Å². The lowest BCUT2D eigenvalue weighted by Gasteiger charge is -2.22. The van der Waals surface area contributed by atoms with Crippen LogP contribution in [0.1, 0.15) is 30.2 Å². The molecule has 1 aromatic rings. The number of guanidine groups is 1. The van der Waals surface area contributed by atoms with Gasteiger partial charge in [0, 0.05) is 33.1 Å². The van der Waals surface area contributed by atoms with E-state index < -0.39 is 12.7 Å². The van der Waals surface area contributed by atoms with Gasteiger partial charge in [0.15, 0.2) is 5.96 Å². The molecule has 1 atom stereocenters. The Kier molecular flexibility index (Phi) is 12.4. The van der Waals surface area contributed by atoms with Crippen LogP contribution in [0.3, 0.4) is 0 Å². The van der Waals surface area contributed by atoms with Crippen molar-refractivity contribution in [2.45, 2.75) is 32.2 Å². The number of alkyl halides is 3. The summed E-state index contributed by atoms with van der Waals surface area (Å²) in [6.45, 7) is 2.54. The minimum absolute atomic E-state index is 0. The van der Waals surface area contributed by atoms with E-state index in [4.69, 9.17) is 4.74 Å². The van der Waals surface area contributed by atoms with E-state index in [2.05, 4.69) is 15.3 Å². The van der Waals surface area contributed by atoms with Crippen molar-refractivity contribution in [3.8, 4) is 0 Å². The van der Waals surface area contributed by atoms with Gasteiger partial charge in [-0.15, -0.1) is 35.3 Å². The molecular weight excluding hydrogens is 494 g/mol. The molecule has 0 fully saturated rings. The molecule has 1 unspecified atom stereocenters. The number of thiazole rings is 1. The Morgan fingerprint density at radius 3 is 2.63 bits per heavy atom. The number of ether oxygens (including phenoxy) is 1. The summed E-state index contributed by atoms with van der Waals surface area (Å²) in [5.74, 6) is 0.679. The summed E-state index contributed by atoms with van der Waals surface area (Å²) < 4.78 is 42.1. The molecule has 0 aromatic carbocycles. The highest BCUT2D eigenvalue weighted by Crippen LogP contribution is 2.21. The number of nitrogens with zero attached hydrogens (tertiary/aromatic N) is 4. The van der Waals surface area contributed by atoms with Crippen LogP contribution in [0, 0.1) is 0 Å². The molecule has 1 N–H and O–H groups in total. The maximum absolute atomic E-state index is 12.3. The third-order valence-corrected chi connectivity index (χ3v) is 4.75. The van der Waals surface area contributed by atoms with E-state index >= 15 is 0 Å². The highest BCUT2D eigenvalue weighted by Gasteiger charge is 2.28. The van der Waals surface area contributed by atoms with Gasteiger partial charge in [0.25, 0.3) is 0 Å². The third-order valence-electron chi connectivity index (χ3n) is 3.69. The lowest BCUT2D eigenvalue weighted by molar-refractivity contribution is -0.143. The number of rotatable bonds is 9. The zero-order valence-corrected chi connectivity index (χ0v) is 19.5. The summed E-state index contributed by atoms with van der Waals surface area (Å²) in [5, 5.41) is 6.08. The van der Waals surface area contributed by atoms with Crippen molar-refractivity contribution < 1.29 is 17.9 Å². The molecule has 0 saturated carbocycles. The molecule has 158 valence electrons. The molecule has 6 nitrogen and oxygen atoms in total. The monoisotopic (exact) mass is 523 g/mol. The lowest BCUT2D eigenvalue weighted by Crippen LogP contribution is -2.40. The number of hydrogen-bond acceptors (Lipinski definition) is 5. The second kappa shape index (κ2) is 12.7. The number of halogens is 4. The first-order valence-electron chi connectivity index (χ1n) is 8.30. The van der Waals surface area contributed by atoms with Gasteiger partial charge in [-0.3, -0.25) is 9.89 Å². The van der Waals surface area contributed by atoms with E-state index in [1.807, 2.05) is 24.3 Å². The highest BCUT2D eigenvalue weighted by molar-refractivity contribution is 14.0. The van der Waals surface area contributed by atoms with Crippen LogP contribution in [0.15, 0.2) is 10.4 Å². The van der Waals surface area contributed by atoms with Crippen LogP contribution >= 0.6 is 35.3 Å². The van der Waals surface area contributed by atoms with Gasteiger partial charge in [-0.25, -0.2) is 4.98 Å². The van der Waals surface area contributed by atoms with Crippen LogP contribution in [0.2, 0.25) is 0 Å². The Morgan fingerprint density at radius 2 is 2.07 bits per heavy atom. The van der Waals surface area contributed by atoms with Crippen LogP contribution in [-0.2, 0) is 11.3 Å². The summed E-state index contributed by atoms with van der Waals surface area (Å²) in [5.41, 5.74) is 0.921. The lowest BCUT2D eigenvalue weighted by atomic mass is 10.3. The van der Waals surface area contributed by atoms with E-state index in [9.17, 15) is 13.2 Å². The van der Waals surface area contributed by atoms with Crippen LogP contribution in [0.5, 0.6) is 0 Å². The fourth-order valence-electron chi connectivity index (χ4n) is 2.32. The maximum Gasteiger partial charge on any atom is 0.401 e.